The second-order valence-electron chi connectivity index (χ2n) is 4.67. The Bertz CT molecular complexity index is 233. The fourth-order valence-corrected chi connectivity index (χ4v) is 2.42. The van der Waals surface area contributed by atoms with E-state index in [0.29, 0.717) is 12.5 Å². The number of ether oxygens (including phenoxy) is 1. The highest BCUT2D eigenvalue weighted by atomic mass is 16.5. The van der Waals surface area contributed by atoms with E-state index in [4.69, 9.17) is 4.74 Å². The van der Waals surface area contributed by atoms with E-state index in [1.807, 2.05) is 6.92 Å². The monoisotopic (exact) mass is 226 g/mol. The first-order chi connectivity index (χ1) is 7.83. The summed E-state index contributed by atoms with van der Waals surface area (Å²) < 4.78 is 5.20. The molecule has 0 aromatic carbocycles. The number of carbonyl (C=O) groups excluding carboxylic acids is 1. The molecule has 92 valence electrons. The van der Waals surface area contributed by atoms with Gasteiger partial charge in [0.15, 0.2) is 0 Å². The molecule has 1 saturated carbocycles. The molecule has 16 heavy (non-hydrogen) atoms. The Morgan fingerprint density at radius 1 is 1.44 bits per heavy atom. The Morgan fingerprint density at radius 3 is 2.94 bits per heavy atom. The first-order valence-electron chi connectivity index (χ1n) is 6.44. The van der Waals surface area contributed by atoms with Crippen LogP contribution in [0.2, 0.25) is 0 Å². The van der Waals surface area contributed by atoms with E-state index in [1.165, 1.54) is 12.8 Å². The smallest absolute Gasteiger partial charge is 0.323 e. The van der Waals surface area contributed by atoms with Crippen molar-refractivity contribution in [3.8, 4) is 0 Å². The number of carbonyl (C=O) groups is 1. The minimum absolute atomic E-state index is 0.00750. The third-order valence-corrected chi connectivity index (χ3v) is 3.36. The average Bonchev–Trinajstić information content (AvgIpc) is 3.06. The maximum Gasteiger partial charge on any atom is 0.323 e. The van der Waals surface area contributed by atoms with E-state index in [2.05, 4.69) is 10.2 Å². The van der Waals surface area contributed by atoms with Gasteiger partial charge in [0.1, 0.15) is 6.04 Å². The summed E-state index contributed by atoms with van der Waals surface area (Å²) in [6.45, 7) is 6.42. The molecule has 2 aliphatic rings. The largest absolute Gasteiger partial charge is 0.465 e. The highest BCUT2D eigenvalue weighted by Gasteiger charge is 2.40. The molecule has 0 spiro atoms. The maximum atomic E-state index is 12.0. The van der Waals surface area contributed by atoms with Crippen molar-refractivity contribution in [2.24, 2.45) is 5.92 Å². The van der Waals surface area contributed by atoms with Gasteiger partial charge < -0.3 is 10.1 Å². The molecule has 0 bridgehead atoms. The van der Waals surface area contributed by atoms with Crippen LogP contribution in [0.25, 0.3) is 0 Å². The van der Waals surface area contributed by atoms with Crippen molar-refractivity contribution in [1.82, 2.24) is 10.2 Å². The van der Waals surface area contributed by atoms with Crippen molar-refractivity contribution < 1.29 is 9.53 Å². The normalized spacial score (nSPS) is 24.8. The first kappa shape index (κ1) is 11.9. The third-order valence-electron chi connectivity index (χ3n) is 3.36. The third kappa shape index (κ3) is 2.95. The fourth-order valence-electron chi connectivity index (χ4n) is 2.42. The van der Waals surface area contributed by atoms with Gasteiger partial charge in [-0.05, 0) is 38.6 Å². The Kier molecular flexibility index (Phi) is 4.18. The molecule has 0 radical (unpaired) electrons. The zero-order valence-corrected chi connectivity index (χ0v) is 10.1. The molecule has 1 atom stereocenters. The first-order valence-corrected chi connectivity index (χ1v) is 6.44. The molecule has 4 nitrogen and oxygen atoms in total. The van der Waals surface area contributed by atoms with Gasteiger partial charge in [0.05, 0.1) is 6.61 Å². The van der Waals surface area contributed by atoms with Crippen LogP contribution in [0.3, 0.4) is 0 Å². The summed E-state index contributed by atoms with van der Waals surface area (Å²) in [7, 11) is 0. The molecule has 1 saturated heterocycles. The molecular formula is C12H22N2O2. The van der Waals surface area contributed by atoms with Gasteiger partial charge in [-0.2, -0.15) is 0 Å². The second kappa shape index (κ2) is 5.64. The summed E-state index contributed by atoms with van der Waals surface area (Å²) in [5.74, 6) is 0.545. The molecule has 0 aromatic rings. The van der Waals surface area contributed by atoms with Crippen molar-refractivity contribution in [3.63, 3.8) is 0 Å². The molecule has 1 unspecified atom stereocenters. The highest BCUT2D eigenvalue weighted by Crippen LogP contribution is 2.36. The van der Waals surface area contributed by atoms with Gasteiger partial charge in [-0.1, -0.05) is 0 Å². The number of esters is 1. The van der Waals surface area contributed by atoms with Crippen LogP contribution < -0.4 is 5.32 Å². The van der Waals surface area contributed by atoms with Crippen LogP contribution in [0.4, 0.5) is 0 Å². The number of nitrogens with zero attached hydrogens (tertiary/aromatic N) is 1. The van der Waals surface area contributed by atoms with E-state index in [9.17, 15) is 4.79 Å². The quantitative estimate of drug-likeness (QED) is 0.714. The van der Waals surface area contributed by atoms with Gasteiger partial charge in [0, 0.05) is 19.6 Å². The molecule has 0 amide bonds. The van der Waals surface area contributed by atoms with E-state index in [0.717, 1.165) is 32.6 Å². The molecular weight excluding hydrogens is 204 g/mol. The van der Waals surface area contributed by atoms with Crippen LogP contribution >= 0.6 is 0 Å². The van der Waals surface area contributed by atoms with Gasteiger partial charge in [0.25, 0.3) is 0 Å². The molecule has 1 aliphatic heterocycles. The van der Waals surface area contributed by atoms with E-state index in [-0.39, 0.29) is 12.0 Å². The van der Waals surface area contributed by atoms with Crippen molar-refractivity contribution in [3.05, 3.63) is 0 Å². The molecule has 1 aliphatic carbocycles. The Hall–Kier alpha value is -0.610. The van der Waals surface area contributed by atoms with Crippen molar-refractivity contribution >= 4 is 5.97 Å². The van der Waals surface area contributed by atoms with Crippen LogP contribution in [0.5, 0.6) is 0 Å². The predicted molar refractivity (Wildman–Crippen MR) is 62.2 cm³/mol. The van der Waals surface area contributed by atoms with E-state index >= 15 is 0 Å². The van der Waals surface area contributed by atoms with Crippen molar-refractivity contribution in [1.29, 1.82) is 0 Å². The predicted octanol–water partition coefficient (Wildman–Crippen LogP) is 0.623. The van der Waals surface area contributed by atoms with Crippen molar-refractivity contribution in [2.45, 2.75) is 32.2 Å². The zero-order valence-electron chi connectivity index (χ0n) is 10.1. The summed E-state index contributed by atoms with van der Waals surface area (Å²) in [6, 6.07) is 0.0276. The second-order valence-corrected chi connectivity index (χ2v) is 4.67. The topological polar surface area (TPSA) is 41.6 Å². The molecule has 4 heteroatoms. The number of rotatable bonds is 4. The van der Waals surface area contributed by atoms with Gasteiger partial charge in [0.2, 0.25) is 0 Å². The number of hydrogen-bond donors (Lipinski definition) is 1. The Labute approximate surface area is 97.3 Å². The van der Waals surface area contributed by atoms with Gasteiger partial charge in [-0.15, -0.1) is 0 Å². The lowest BCUT2D eigenvalue weighted by atomic mass is 10.1. The minimum atomic E-state index is -0.00750. The summed E-state index contributed by atoms with van der Waals surface area (Å²) in [4.78, 5) is 14.3. The molecule has 2 rings (SSSR count). The van der Waals surface area contributed by atoms with Gasteiger partial charge >= 0.3 is 5.97 Å². The van der Waals surface area contributed by atoms with Crippen LogP contribution in [0, 0.1) is 5.92 Å². The zero-order chi connectivity index (χ0) is 11.4. The molecule has 1 N–H and O–H groups in total. The van der Waals surface area contributed by atoms with Crippen molar-refractivity contribution in [2.75, 3.05) is 32.8 Å². The van der Waals surface area contributed by atoms with Crippen LogP contribution in [0.15, 0.2) is 0 Å². The average molecular weight is 226 g/mol. The highest BCUT2D eigenvalue weighted by molar-refractivity contribution is 5.76. The molecule has 1 heterocycles. The van der Waals surface area contributed by atoms with Gasteiger partial charge in [-0.25, -0.2) is 0 Å². The summed E-state index contributed by atoms with van der Waals surface area (Å²) in [5.41, 5.74) is 0. The lowest BCUT2D eigenvalue weighted by molar-refractivity contribution is -0.150. The molecule has 2 fully saturated rings. The summed E-state index contributed by atoms with van der Waals surface area (Å²) in [6.07, 6.45) is 3.50. The van der Waals surface area contributed by atoms with Crippen LogP contribution in [-0.2, 0) is 9.53 Å². The summed E-state index contributed by atoms with van der Waals surface area (Å²) >= 11 is 0. The standard InChI is InChI=1S/C12H22N2O2/c1-2-16-12(15)11(10-4-5-10)14-8-3-6-13-7-9-14/h10-11,13H,2-9H2,1H3. The van der Waals surface area contributed by atoms with Crippen LogP contribution in [0.1, 0.15) is 26.2 Å². The summed E-state index contributed by atoms with van der Waals surface area (Å²) in [5, 5.41) is 3.37. The lowest BCUT2D eigenvalue weighted by Gasteiger charge is -2.28. The SMILES string of the molecule is CCOC(=O)C(C1CC1)N1CCCNCC1. The number of hydrogen-bond acceptors (Lipinski definition) is 4. The Balaban J connectivity index is 1.96. The maximum absolute atomic E-state index is 12.0. The van der Waals surface area contributed by atoms with E-state index < -0.39 is 0 Å². The Morgan fingerprint density at radius 2 is 2.25 bits per heavy atom. The van der Waals surface area contributed by atoms with E-state index in [1.54, 1.807) is 0 Å². The lowest BCUT2D eigenvalue weighted by Crippen LogP contribution is -2.45. The van der Waals surface area contributed by atoms with Crippen LogP contribution in [-0.4, -0.2) is 49.7 Å². The molecule has 0 aromatic heterocycles. The fraction of sp³-hybridized carbons (Fsp3) is 0.917. The minimum Gasteiger partial charge on any atom is -0.465 e. The number of nitrogens with one attached hydrogen (secondary N) is 1. The van der Waals surface area contributed by atoms with Gasteiger partial charge in [-0.3, -0.25) is 9.69 Å².